The third-order valence-electron chi connectivity index (χ3n) is 6.32. The molecular weight excluding hydrogens is 250 g/mol. The van der Waals surface area contributed by atoms with Gasteiger partial charge in [0.15, 0.2) is 0 Å². The highest BCUT2D eigenvalue weighted by Gasteiger charge is 2.57. The van der Waals surface area contributed by atoms with Crippen LogP contribution in [-0.2, 0) is 11.8 Å². The minimum absolute atomic E-state index is 0.0628. The Bertz CT molecular complexity index is 554. The van der Waals surface area contributed by atoms with E-state index in [2.05, 4.69) is 6.07 Å². The molecule has 1 N–H and O–H groups in total. The first-order chi connectivity index (χ1) is 9.53. The molecule has 3 heteroatoms. The summed E-state index contributed by atoms with van der Waals surface area (Å²) in [6.45, 7) is 0.732. The van der Waals surface area contributed by atoms with Gasteiger partial charge in [-0.25, -0.2) is 0 Å². The summed E-state index contributed by atoms with van der Waals surface area (Å²) in [5, 5.41) is 22.8. The van der Waals surface area contributed by atoms with E-state index in [0.717, 1.165) is 19.4 Å². The molecule has 2 fully saturated rings. The van der Waals surface area contributed by atoms with E-state index < -0.39 is 0 Å². The highest BCUT2D eigenvalue weighted by Crippen LogP contribution is 2.57. The molecule has 1 aromatic carbocycles. The van der Waals surface area contributed by atoms with Crippen molar-refractivity contribution in [3.05, 3.63) is 34.5 Å². The fraction of sp³-hybridized carbons (Fsp3) is 0.647. The fourth-order valence-corrected chi connectivity index (χ4v) is 5.34. The molecule has 1 saturated heterocycles. The van der Waals surface area contributed by atoms with E-state index in [4.69, 9.17) is 0 Å². The van der Waals surface area contributed by atoms with Crippen molar-refractivity contribution in [2.24, 2.45) is 5.92 Å². The lowest BCUT2D eigenvalue weighted by molar-refractivity contribution is -0.899. The number of phenols is 1. The molecule has 3 nitrogen and oxygen atoms in total. The number of rotatable bonds is 0. The Morgan fingerprint density at radius 1 is 1.30 bits per heavy atom. The van der Waals surface area contributed by atoms with E-state index in [1.165, 1.54) is 36.8 Å². The highest BCUT2D eigenvalue weighted by molar-refractivity contribution is 5.44. The van der Waals surface area contributed by atoms with Crippen molar-refractivity contribution in [1.82, 2.24) is 0 Å². The number of likely N-dealkylation sites (N-methyl/N-ethyl adjacent to an activating group) is 1. The molecular formula is C17H23NO2. The van der Waals surface area contributed by atoms with Gasteiger partial charge in [-0.2, -0.15) is 0 Å². The summed E-state index contributed by atoms with van der Waals surface area (Å²) in [6.07, 6.45) is 6.80. The molecule has 2 aliphatic carbocycles. The molecule has 1 heterocycles. The molecule has 3 aliphatic rings. The van der Waals surface area contributed by atoms with Crippen molar-refractivity contribution in [3.8, 4) is 5.75 Å². The number of hydroxylamine groups is 3. The molecule has 1 saturated carbocycles. The molecule has 0 spiro atoms. The van der Waals surface area contributed by atoms with Crippen molar-refractivity contribution >= 4 is 0 Å². The number of hydrogen-bond donors (Lipinski definition) is 1. The van der Waals surface area contributed by atoms with Crippen molar-refractivity contribution in [1.29, 1.82) is 0 Å². The number of piperidine rings is 1. The van der Waals surface area contributed by atoms with Crippen LogP contribution in [0.2, 0.25) is 0 Å². The van der Waals surface area contributed by atoms with Crippen LogP contribution in [0.5, 0.6) is 5.75 Å². The Morgan fingerprint density at radius 2 is 2.15 bits per heavy atom. The average molecular weight is 273 g/mol. The third-order valence-corrected chi connectivity index (χ3v) is 6.32. The van der Waals surface area contributed by atoms with Crippen LogP contribution in [0.4, 0.5) is 0 Å². The van der Waals surface area contributed by atoms with Crippen LogP contribution >= 0.6 is 0 Å². The number of quaternary nitrogens is 1. The molecule has 1 aliphatic heterocycles. The lowest BCUT2D eigenvalue weighted by atomic mass is 9.52. The van der Waals surface area contributed by atoms with Crippen LogP contribution in [0.15, 0.2) is 18.2 Å². The van der Waals surface area contributed by atoms with Gasteiger partial charge >= 0.3 is 0 Å². The van der Waals surface area contributed by atoms with Gasteiger partial charge in [-0.05, 0) is 36.1 Å². The smallest absolute Gasteiger partial charge is 0.115 e. The largest absolute Gasteiger partial charge is 0.633 e. The van der Waals surface area contributed by atoms with E-state index >= 15 is 0 Å². The Morgan fingerprint density at radius 3 is 3.00 bits per heavy atom. The Balaban J connectivity index is 1.92. The van der Waals surface area contributed by atoms with Crippen LogP contribution in [0.25, 0.3) is 0 Å². The molecule has 0 aromatic heterocycles. The van der Waals surface area contributed by atoms with Crippen molar-refractivity contribution in [2.75, 3.05) is 13.6 Å². The molecule has 1 aromatic rings. The van der Waals surface area contributed by atoms with Crippen LogP contribution in [0, 0.1) is 11.1 Å². The first-order valence-electron chi connectivity index (χ1n) is 7.92. The van der Waals surface area contributed by atoms with Gasteiger partial charge in [-0.15, -0.1) is 0 Å². The molecule has 108 valence electrons. The average Bonchev–Trinajstić information content (AvgIpc) is 2.44. The third kappa shape index (κ3) is 1.54. The van der Waals surface area contributed by atoms with Gasteiger partial charge in [0.25, 0.3) is 0 Å². The monoisotopic (exact) mass is 273 g/mol. The second kappa shape index (κ2) is 3.99. The molecule has 1 unspecified atom stereocenters. The topological polar surface area (TPSA) is 43.3 Å². The van der Waals surface area contributed by atoms with Gasteiger partial charge in [0, 0.05) is 24.2 Å². The van der Waals surface area contributed by atoms with Gasteiger partial charge in [0.1, 0.15) is 5.75 Å². The lowest BCUT2D eigenvalue weighted by Crippen LogP contribution is -2.66. The van der Waals surface area contributed by atoms with Gasteiger partial charge in [0.05, 0.1) is 19.6 Å². The second-order valence-electron chi connectivity index (χ2n) is 7.27. The molecule has 4 rings (SSSR count). The number of phenolic OH excluding ortho intramolecular Hbond substituents is 1. The molecule has 0 radical (unpaired) electrons. The van der Waals surface area contributed by atoms with Crippen molar-refractivity contribution in [2.45, 2.75) is 50.0 Å². The Hall–Kier alpha value is -1.06. The maximum absolute atomic E-state index is 12.9. The van der Waals surface area contributed by atoms with Gasteiger partial charge in [-0.3, -0.25) is 0 Å². The highest BCUT2D eigenvalue weighted by atomic mass is 16.5. The van der Waals surface area contributed by atoms with Crippen LogP contribution in [0.3, 0.4) is 0 Å². The van der Waals surface area contributed by atoms with E-state index in [-0.39, 0.29) is 16.1 Å². The van der Waals surface area contributed by atoms with Crippen LogP contribution in [-0.4, -0.2) is 29.4 Å². The van der Waals surface area contributed by atoms with E-state index in [0.29, 0.717) is 11.7 Å². The quantitative estimate of drug-likeness (QED) is 0.583. The summed E-state index contributed by atoms with van der Waals surface area (Å²) in [5.41, 5.74) is 2.85. The fourth-order valence-electron chi connectivity index (χ4n) is 5.34. The summed E-state index contributed by atoms with van der Waals surface area (Å²) in [6, 6.07) is 6.05. The number of nitrogens with zero attached hydrogens (tertiary/aromatic N) is 1. The molecule has 0 amide bonds. The minimum atomic E-state index is -0.0628. The predicted molar refractivity (Wildman–Crippen MR) is 78.3 cm³/mol. The zero-order valence-corrected chi connectivity index (χ0v) is 12.1. The van der Waals surface area contributed by atoms with Crippen LogP contribution < -0.4 is 0 Å². The molecule has 2 bridgehead atoms. The van der Waals surface area contributed by atoms with E-state index in [9.17, 15) is 10.3 Å². The minimum Gasteiger partial charge on any atom is -0.633 e. The maximum atomic E-state index is 12.9. The zero-order chi connectivity index (χ0) is 14.0. The number of hydrogen-bond acceptors (Lipinski definition) is 2. The maximum Gasteiger partial charge on any atom is 0.115 e. The zero-order valence-electron chi connectivity index (χ0n) is 12.1. The van der Waals surface area contributed by atoms with E-state index in [1.807, 2.05) is 13.1 Å². The summed E-state index contributed by atoms with van der Waals surface area (Å²) in [4.78, 5) is 0. The lowest BCUT2D eigenvalue weighted by Gasteiger charge is -2.63. The van der Waals surface area contributed by atoms with Crippen molar-refractivity contribution in [3.63, 3.8) is 0 Å². The SMILES string of the molecule is C[N+]1([O-])CC[C@]23CCCC[C@H]2[C@@H]1Cc1ccc(O)cc13. The Kier molecular flexibility index (Phi) is 2.52. The summed E-state index contributed by atoms with van der Waals surface area (Å²) < 4.78 is -0.0628. The van der Waals surface area contributed by atoms with Gasteiger partial charge in [-0.1, -0.05) is 18.9 Å². The van der Waals surface area contributed by atoms with Crippen LogP contribution in [0.1, 0.15) is 43.2 Å². The van der Waals surface area contributed by atoms with Crippen molar-refractivity contribution < 1.29 is 9.75 Å². The first-order valence-corrected chi connectivity index (χ1v) is 7.92. The molecule has 20 heavy (non-hydrogen) atoms. The number of likely N-dealkylation sites (tertiary alicyclic amines) is 1. The molecule has 4 atom stereocenters. The number of benzene rings is 1. The standard InChI is InChI=1S/C17H23NO2/c1-18(20)9-8-17-7-3-2-4-14(17)16(18)10-12-5-6-13(19)11-15(12)17/h5-6,11,14,16,19H,2-4,7-10H2,1H3/t14-,16-,17+,18?/m0/s1. The van der Waals surface area contributed by atoms with Gasteiger partial charge < -0.3 is 15.0 Å². The van der Waals surface area contributed by atoms with Gasteiger partial charge in [0.2, 0.25) is 0 Å². The number of aromatic hydroxyl groups is 1. The second-order valence-corrected chi connectivity index (χ2v) is 7.27. The predicted octanol–water partition coefficient (Wildman–Crippen LogP) is 3.09. The first kappa shape index (κ1) is 12.7. The Labute approximate surface area is 120 Å². The normalized spacial score (nSPS) is 42.7. The summed E-state index contributed by atoms with van der Waals surface area (Å²) in [7, 11) is 1.87. The number of fused-ring (bicyclic) bond motifs is 1. The summed E-state index contributed by atoms with van der Waals surface area (Å²) >= 11 is 0. The van der Waals surface area contributed by atoms with E-state index in [1.54, 1.807) is 6.07 Å². The summed E-state index contributed by atoms with van der Waals surface area (Å²) in [5.74, 6) is 0.896.